The summed E-state index contributed by atoms with van der Waals surface area (Å²) in [5.41, 5.74) is 4.31. The van der Waals surface area contributed by atoms with Crippen molar-refractivity contribution in [2.45, 2.75) is 25.3 Å². The summed E-state index contributed by atoms with van der Waals surface area (Å²) in [5, 5.41) is 14.9. The van der Waals surface area contributed by atoms with Crippen molar-refractivity contribution in [3.63, 3.8) is 0 Å². The third-order valence-electron chi connectivity index (χ3n) is 5.31. The van der Waals surface area contributed by atoms with E-state index in [1.807, 2.05) is 19.1 Å². The number of nitrogens with zero attached hydrogens (tertiary/aromatic N) is 1. The molecule has 3 atom stereocenters. The van der Waals surface area contributed by atoms with Crippen LogP contribution in [0.25, 0.3) is 0 Å². The third kappa shape index (κ3) is 2.56. The predicted molar refractivity (Wildman–Crippen MR) is 97.2 cm³/mol. The summed E-state index contributed by atoms with van der Waals surface area (Å²) in [4.78, 5) is 10.9. The van der Waals surface area contributed by atoms with Crippen molar-refractivity contribution in [1.29, 1.82) is 0 Å². The maximum atomic E-state index is 11.2. The molecule has 0 saturated heterocycles. The molecular formula is C20H20N2O3. The molecular weight excluding hydrogens is 316 g/mol. The fourth-order valence-corrected chi connectivity index (χ4v) is 4.14. The molecule has 2 aromatic carbocycles. The highest BCUT2D eigenvalue weighted by molar-refractivity contribution is 5.67. The highest BCUT2D eigenvalue weighted by Gasteiger charge is 2.39. The lowest BCUT2D eigenvalue weighted by molar-refractivity contribution is -0.385. The summed E-state index contributed by atoms with van der Waals surface area (Å²) < 4.78 is 5.37. The summed E-state index contributed by atoms with van der Waals surface area (Å²) in [7, 11) is 1.67. The van der Waals surface area contributed by atoms with Crippen molar-refractivity contribution >= 4 is 11.4 Å². The fraction of sp³-hybridized carbons (Fsp3) is 0.300. The van der Waals surface area contributed by atoms with Crippen molar-refractivity contribution in [2.24, 2.45) is 5.92 Å². The number of fused-ring (bicyclic) bond motifs is 3. The fourth-order valence-electron chi connectivity index (χ4n) is 4.14. The van der Waals surface area contributed by atoms with E-state index in [1.165, 1.54) is 5.56 Å². The highest BCUT2D eigenvalue weighted by Crippen LogP contribution is 2.51. The molecule has 4 rings (SSSR count). The summed E-state index contributed by atoms with van der Waals surface area (Å²) in [6, 6.07) is 11.7. The first kappa shape index (κ1) is 15.7. The Morgan fingerprint density at radius 1 is 1.28 bits per heavy atom. The van der Waals surface area contributed by atoms with E-state index >= 15 is 0 Å². The van der Waals surface area contributed by atoms with Gasteiger partial charge in [-0.3, -0.25) is 10.1 Å². The lowest BCUT2D eigenvalue weighted by atomic mass is 9.76. The van der Waals surface area contributed by atoms with Gasteiger partial charge in [0, 0.05) is 23.7 Å². The van der Waals surface area contributed by atoms with Crippen LogP contribution in [0.2, 0.25) is 0 Å². The zero-order valence-electron chi connectivity index (χ0n) is 14.2. The number of methoxy groups -OCH3 is 1. The summed E-state index contributed by atoms with van der Waals surface area (Å²) in [6.45, 7) is 1.93. The standard InChI is InChI=1S/C20H20N2O3/c1-12-9-14(22(23)24)11-18-16-7-4-8-17(16)20(21-19(12)18)13-5-3-6-15(10-13)25-2/h3-7,9-11,16-17,20-21H,8H2,1-2H3/t16-,17+,20+/m1/s1. The molecule has 0 amide bonds. The van der Waals surface area contributed by atoms with E-state index in [-0.39, 0.29) is 22.6 Å². The van der Waals surface area contributed by atoms with Crippen molar-refractivity contribution < 1.29 is 9.66 Å². The van der Waals surface area contributed by atoms with Crippen LogP contribution in [0, 0.1) is 23.0 Å². The third-order valence-corrected chi connectivity index (χ3v) is 5.31. The number of anilines is 1. The van der Waals surface area contributed by atoms with Crippen LogP contribution in [0.15, 0.2) is 48.6 Å². The summed E-state index contributed by atoms with van der Waals surface area (Å²) in [5.74, 6) is 1.39. The minimum Gasteiger partial charge on any atom is -0.497 e. The SMILES string of the molecule is COc1cccc([C@@H]2Nc3c(C)cc([N+](=O)[O-])cc3[C@@H]3C=CC[C@@H]32)c1. The number of non-ortho nitro benzene ring substituents is 1. The largest absolute Gasteiger partial charge is 0.497 e. The minimum atomic E-state index is -0.310. The van der Waals surface area contributed by atoms with Crippen LogP contribution in [-0.4, -0.2) is 12.0 Å². The number of nitro groups is 1. The minimum absolute atomic E-state index is 0.155. The predicted octanol–water partition coefficient (Wildman–Crippen LogP) is 4.74. The molecule has 0 bridgehead atoms. The van der Waals surface area contributed by atoms with E-state index < -0.39 is 0 Å². The Morgan fingerprint density at radius 3 is 2.88 bits per heavy atom. The molecule has 0 radical (unpaired) electrons. The van der Waals surface area contributed by atoms with Crippen molar-refractivity contribution in [2.75, 3.05) is 12.4 Å². The van der Waals surface area contributed by atoms with E-state index in [0.717, 1.165) is 29.0 Å². The topological polar surface area (TPSA) is 64.4 Å². The second kappa shape index (κ2) is 5.92. The monoisotopic (exact) mass is 336 g/mol. The Morgan fingerprint density at radius 2 is 2.12 bits per heavy atom. The van der Waals surface area contributed by atoms with E-state index in [0.29, 0.717) is 5.92 Å². The van der Waals surface area contributed by atoms with Gasteiger partial charge in [0.1, 0.15) is 5.75 Å². The molecule has 0 fully saturated rings. The number of hydrogen-bond donors (Lipinski definition) is 1. The van der Waals surface area contributed by atoms with E-state index in [9.17, 15) is 10.1 Å². The molecule has 0 spiro atoms. The van der Waals surface area contributed by atoms with Gasteiger partial charge in [-0.1, -0.05) is 24.3 Å². The first-order valence-corrected chi connectivity index (χ1v) is 8.44. The smallest absolute Gasteiger partial charge is 0.270 e. The van der Waals surface area contributed by atoms with E-state index in [2.05, 4.69) is 29.6 Å². The van der Waals surface area contributed by atoms with Crippen LogP contribution in [-0.2, 0) is 0 Å². The number of rotatable bonds is 3. The zero-order valence-corrected chi connectivity index (χ0v) is 14.2. The van der Waals surface area contributed by atoms with Crippen LogP contribution in [0.5, 0.6) is 5.75 Å². The lowest BCUT2D eigenvalue weighted by Crippen LogP contribution is -2.29. The van der Waals surface area contributed by atoms with Gasteiger partial charge in [0.2, 0.25) is 0 Å². The quantitative estimate of drug-likeness (QED) is 0.499. The van der Waals surface area contributed by atoms with Crippen LogP contribution >= 0.6 is 0 Å². The molecule has 0 aromatic heterocycles. The first-order chi connectivity index (χ1) is 12.1. The summed E-state index contributed by atoms with van der Waals surface area (Å²) >= 11 is 0. The lowest BCUT2D eigenvalue weighted by Gasteiger charge is -2.38. The van der Waals surface area contributed by atoms with Gasteiger partial charge >= 0.3 is 0 Å². The van der Waals surface area contributed by atoms with Gasteiger partial charge < -0.3 is 10.1 Å². The Hall–Kier alpha value is -2.82. The molecule has 2 aromatic rings. The number of ether oxygens (including phenoxy) is 1. The average Bonchev–Trinajstić information content (AvgIpc) is 3.11. The second-order valence-electron chi connectivity index (χ2n) is 6.74. The van der Waals surface area contributed by atoms with Crippen LogP contribution in [0.1, 0.15) is 35.1 Å². The molecule has 128 valence electrons. The van der Waals surface area contributed by atoms with Crippen molar-refractivity contribution in [3.05, 3.63) is 75.4 Å². The van der Waals surface area contributed by atoms with Crippen LogP contribution in [0.3, 0.4) is 0 Å². The number of aryl methyl sites for hydroxylation is 1. The molecule has 0 saturated carbocycles. The number of allylic oxidation sites excluding steroid dienone is 2. The Labute approximate surface area is 146 Å². The maximum absolute atomic E-state index is 11.2. The number of hydrogen-bond acceptors (Lipinski definition) is 4. The molecule has 1 aliphatic carbocycles. The van der Waals surface area contributed by atoms with Gasteiger partial charge in [0.15, 0.2) is 0 Å². The maximum Gasteiger partial charge on any atom is 0.270 e. The Bertz CT molecular complexity index is 875. The normalized spacial score (nSPS) is 23.5. The summed E-state index contributed by atoms with van der Waals surface area (Å²) in [6.07, 6.45) is 5.34. The number of nitro benzene ring substituents is 1. The van der Waals surface area contributed by atoms with Crippen molar-refractivity contribution in [1.82, 2.24) is 0 Å². The number of benzene rings is 2. The van der Waals surface area contributed by atoms with E-state index in [1.54, 1.807) is 19.2 Å². The molecule has 5 nitrogen and oxygen atoms in total. The van der Waals surface area contributed by atoms with Gasteiger partial charge in [-0.25, -0.2) is 0 Å². The Balaban J connectivity index is 1.81. The van der Waals surface area contributed by atoms with Crippen LogP contribution < -0.4 is 10.1 Å². The molecule has 25 heavy (non-hydrogen) atoms. The molecule has 1 heterocycles. The van der Waals surface area contributed by atoms with Crippen LogP contribution in [0.4, 0.5) is 11.4 Å². The Kier molecular flexibility index (Phi) is 3.71. The molecule has 2 aliphatic rings. The first-order valence-electron chi connectivity index (χ1n) is 8.44. The second-order valence-corrected chi connectivity index (χ2v) is 6.74. The van der Waals surface area contributed by atoms with Gasteiger partial charge in [-0.05, 0) is 48.1 Å². The molecule has 1 aliphatic heterocycles. The van der Waals surface area contributed by atoms with E-state index in [4.69, 9.17) is 4.74 Å². The molecule has 5 heteroatoms. The zero-order chi connectivity index (χ0) is 17.6. The molecule has 0 unspecified atom stereocenters. The number of nitrogens with one attached hydrogen (secondary N) is 1. The highest BCUT2D eigenvalue weighted by atomic mass is 16.6. The molecule has 1 N–H and O–H groups in total. The average molecular weight is 336 g/mol. The van der Waals surface area contributed by atoms with Crippen molar-refractivity contribution in [3.8, 4) is 5.75 Å². The van der Waals surface area contributed by atoms with Gasteiger partial charge in [-0.15, -0.1) is 0 Å². The van der Waals surface area contributed by atoms with Gasteiger partial charge in [0.05, 0.1) is 18.1 Å². The van der Waals surface area contributed by atoms with Gasteiger partial charge in [-0.2, -0.15) is 0 Å². The van der Waals surface area contributed by atoms with Gasteiger partial charge in [0.25, 0.3) is 5.69 Å².